The van der Waals surface area contributed by atoms with Crippen LogP contribution in [0.3, 0.4) is 0 Å². The molecular weight excluding hydrogens is 1110 g/mol. The molecule has 8 aromatic rings. The van der Waals surface area contributed by atoms with Crippen LogP contribution in [0.1, 0.15) is 50.2 Å². The summed E-state index contributed by atoms with van der Waals surface area (Å²) in [5.74, 6) is -0.818. The number of carboxylic acids is 1. The van der Waals surface area contributed by atoms with Gasteiger partial charge in [0.15, 0.2) is 0 Å². The van der Waals surface area contributed by atoms with E-state index in [0.29, 0.717) is 43.7 Å². The molecule has 0 bridgehead atoms. The van der Waals surface area contributed by atoms with Crippen molar-refractivity contribution in [2.75, 3.05) is 6.61 Å². The van der Waals surface area contributed by atoms with Gasteiger partial charge in [-0.1, -0.05) is 88.0 Å². The van der Waals surface area contributed by atoms with Gasteiger partial charge in [-0.25, -0.2) is 18.4 Å². The van der Waals surface area contributed by atoms with E-state index in [4.69, 9.17) is 14.2 Å². The number of ether oxygens (including phenoxy) is 3. The zero-order chi connectivity index (χ0) is 47.1. The zero-order valence-corrected chi connectivity index (χ0v) is 42.0. The SMILES string of the molecule is CCOC(=O)c1cccc(-n2c(C)ccc2-c2cc(Br)ccc2OCc2ccc(Br)cc2F)c1.Cc1ccc(-c2cc(Br)ccc2OCc2ccc(Br)cc2F)n1-c1cccc(C(=O)O)c1. The van der Waals surface area contributed by atoms with Crippen molar-refractivity contribution < 1.29 is 37.7 Å². The predicted octanol–water partition coefficient (Wildman–Crippen LogP) is 15.3. The van der Waals surface area contributed by atoms with E-state index in [2.05, 4.69) is 68.3 Å². The maximum atomic E-state index is 14.3. The molecule has 14 heteroatoms. The fourth-order valence-corrected chi connectivity index (χ4v) is 8.58. The number of hydrogen-bond donors (Lipinski definition) is 1. The van der Waals surface area contributed by atoms with Crippen LogP contribution >= 0.6 is 63.7 Å². The lowest BCUT2D eigenvalue weighted by Gasteiger charge is -2.17. The molecule has 0 aliphatic carbocycles. The molecule has 2 heterocycles. The fraction of sp³-hybridized carbons (Fsp3) is 0.115. The third-order valence-corrected chi connectivity index (χ3v) is 12.3. The molecule has 336 valence electrons. The van der Waals surface area contributed by atoms with Crippen LogP contribution in [0.4, 0.5) is 8.78 Å². The Labute approximate surface area is 414 Å². The first-order valence-electron chi connectivity index (χ1n) is 20.4. The van der Waals surface area contributed by atoms with Gasteiger partial charge in [0.25, 0.3) is 0 Å². The predicted molar refractivity (Wildman–Crippen MR) is 267 cm³/mol. The summed E-state index contributed by atoms with van der Waals surface area (Å²) in [6.07, 6.45) is 0. The lowest BCUT2D eigenvalue weighted by molar-refractivity contribution is 0.0525. The molecule has 0 saturated heterocycles. The van der Waals surface area contributed by atoms with E-state index >= 15 is 0 Å². The summed E-state index contributed by atoms with van der Waals surface area (Å²) in [5.41, 5.74) is 8.42. The molecule has 0 fully saturated rings. The number of carboxylic acid groups (broad SMARTS) is 1. The Hall–Kier alpha value is -5.80. The van der Waals surface area contributed by atoms with Gasteiger partial charge in [-0.2, -0.15) is 0 Å². The maximum absolute atomic E-state index is 14.3. The van der Waals surface area contributed by atoms with Crippen LogP contribution in [-0.4, -0.2) is 32.8 Å². The minimum Gasteiger partial charge on any atom is -0.488 e. The van der Waals surface area contributed by atoms with Gasteiger partial charge in [-0.15, -0.1) is 0 Å². The van der Waals surface area contributed by atoms with Gasteiger partial charge in [0.2, 0.25) is 0 Å². The third-order valence-electron chi connectivity index (χ3n) is 10.4. The molecule has 66 heavy (non-hydrogen) atoms. The lowest BCUT2D eigenvalue weighted by atomic mass is 10.1. The van der Waals surface area contributed by atoms with Crippen molar-refractivity contribution in [1.29, 1.82) is 0 Å². The second-order valence-electron chi connectivity index (χ2n) is 14.8. The third kappa shape index (κ3) is 11.4. The monoisotopic (exact) mass is 1140 g/mol. The van der Waals surface area contributed by atoms with Gasteiger partial charge >= 0.3 is 11.9 Å². The number of benzene rings is 6. The largest absolute Gasteiger partial charge is 0.488 e. The highest BCUT2D eigenvalue weighted by Crippen LogP contribution is 2.38. The number of aryl methyl sites for hydroxylation is 2. The molecule has 8 nitrogen and oxygen atoms in total. The average Bonchev–Trinajstić information content (AvgIpc) is 3.88. The van der Waals surface area contributed by atoms with Gasteiger partial charge in [-0.05, 0) is 142 Å². The summed E-state index contributed by atoms with van der Waals surface area (Å²) < 4.78 is 53.0. The van der Waals surface area contributed by atoms with E-state index in [1.165, 1.54) is 12.1 Å². The van der Waals surface area contributed by atoms with Gasteiger partial charge in [0.05, 0.1) is 29.1 Å². The summed E-state index contributed by atoms with van der Waals surface area (Å²) in [6.45, 7) is 6.20. The summed E-state index contributed by atoms with van der Waals surface area (Å²) in [5, 5.41) is 9.39. The number of rotatable bonds is 13. The zero-order valence-electron chi connectivity index (χ0n) is 35.6. The van der Waals surface area contributed by atoms with Crippen LogP contribution in [0, 0.1) is 25.5 Å². The molecule has 0 atom stereocenters. The molecule has 2 aromatic heterocycles. The van der Waals surface area contributed by atoms with Crippen LogP contribution in [0.2, 0.25) is 0 Å². The smallest absolute Gasteiger partial charge is 0.338 e. The fourth-order valence-electron chi connectivity index (χ4n) is 7.19. The number of aromatic nitrogens is 2. The molecule has 0 radical (unpaired) electrons. The van der Waals surface area contributed by atoms with Crippen LogP contribution < -0.4 is 9.47 Å². The number of carbonyl (C=O) groups excluding carboxylic acids is 1. The van der Waals surface area contributed by atoms with E-state index in [9.17, 15) is 23.5 Å². The standard InChI is InChI=1S/C27H22Br2FNO3.C25H18Br2FNO3/c1-3-33-27(32)18-5-4-6-22(13-18)31-17(2)7-11-25(31)23-14-20(28)10-12-26(23)34-16-19-8-9-21(29)15-24(19)30;1-15-5-9-23(29(15)20-4-2-3-16(11-20)25(30)31)21-12-18(26)8-10-24(21)32-14-17-6-7-19(27)13-22(17)28/h4-15H,3,16H2,1-2H3;2-13H,14H2,1H3,(H,30,31). The van der Waals surface area contributed by atoms with Crippen molar-refractivity contribution in [3.05, 3.63) is 209 Å². The number of hydrogen-bond acceptors (Lipinski definition) is 5. The van der Waals surface area contributed by atoms with Crippen molar-refractivity contribution in [2.45, 2.75) is 34.0 Å². The number of nitrogens with zero attached hydrogens (tertiary/aromatic N) is 2. The Morgan fingerprint density at radius 2 is 0.970 bits per heavy atom. The number of aromatic carboxylic acids is 1. The van der Waals surface area contributed by atoms with Gasteiger partial charge in [0, 0.05) is 62.9 Å². The Balaban J connectivity index is 0.000000197. The quantitative estimate of drug-likeness (QED) is 0.116. The summed E-state index contributed by atoms with van der Waals surface area (Å²) >= 11 is 13.6. The van der Waals surface area contributed by atoms with E-state index in [-0.39, 0.29) is 36.4 Å². The average molecular weight is 1150 g/mol. The molecule has 8 rings (SSSR count). The summed E-state index contributed by atoms with van der Waals surface area (Å²) in [4.78, 5) is 23.7. The minimum absolute atomic E-state index is 0.0714. The summed E-state index contributed by atoms with van der Waals surface area (Å²) in [6, 6.07) is 43.1. The minimum atomic E-state index is -0.985. The highest BCUT2D eigenvalue weighted by molar-refractivity contribution is 9.11. The molecule has 0 aliphatic heterocycles. The Morgan fingerprint density at radius 3 is 1.41 bits per heavy atom. The van der Waals surface area contributed by atoms with Crippen molar-refractivity contribution in [2.24, 2.45) is 0 Å². The van der Waals surface area contributed by atoms with Crippen LogP contribution in [0.5, 0.6) is 11.5 Å². The molecule has 0 aliphatic rings. The summed E-state index contributed by atoms with van der Waals surface area (Å²) in [7, 11) is 0. The Kier molecular flexibility index (Phi) is 15.8. The Bertz CT molecular complexity index is 3080. The molecule has 1 N–H and O–H groups in total. The second-order valence-corrected chi connectivity index (χ2v) is 18.5. The van der Waals surface area contributed by atoms with Crippen LogP contribution in [0.25, 0.3) is 33.9 Å². The van der Waals surface area contributed by atoms with Gasteiger partial charge in [0.1, 0.15) is 36.3 Å². The first kappa shape index (κ1) is 48.1. The first-order chi connectivity index (χ1) is 31.7. The first-order valence-corrected chi connectivity index (χ1v) is 23.6. The van der Waals surface area contributed by atoms with Crippen LogP contribution in [0.15, 0.2) is 163 Å². The van der Waals surface area contributed by atoms with E-state index in [1.54, 1.807) is 55.5 Å². The number of halogens is 6. The maximum Gasteiger partial charge on any atom is 0.338 e. The molecule has 6 aromatic carbocycles. The number of esters is 1. The normalized spacial score (nSPS) is 10.9. The topological polar surface area (TPSA) is 91.9 Å². The van der Waals surface area contributed by atoms with Gasteiger partial charge in [-0.3, -0.25) is 0 Å². The van der Waals surface area contributed by atoms with Crippen LogP contribution in [-0.2, 0) is 18.0 Å². The molecular formula is C52H40Br4F2N2O6. The molecule has 0 spiro atoms. The van der Waals surface area contributed by atoms with Crippen molar-refractivity contribution in [3.63, 3.8) is 0 Å². The van der Waals surface area contributed by atoms with E-state index in [0.717, 1.165) is 54.2 Å². The molecule has 0 unspecified atom stereocenters. The molecule has 0 amide bonds. The Morgan fingerprint density at radius 1 is 0.545 bits per heavy atom. The van der Waals surface area contributed by atoms with E-state index in [1.807, 2.05) is 103 Å². The second kappa shape index (κ2) is 21.7. The van der Waals surface area contributed by atoms with E-state index < -0.39 is 5.97 Å². The lowest BCUT2D eigenvalue weighted by Crippen LogP contribution is -2.07. The number of carbonyl (C=O) groups is 2. The van der Waals surface area contributed by atoms with Crippen molar-refractivity contribution >= 4 is 75.7 Å². The van der Waals surface area contributed by atoms with Crippen molar-refractivity contribution in [3.8, 4) is 45.4 Å². The van der Waals surface area contributed by atoms with Crippen molar-refractivity contribution in [1.82, 2.24) is 9.13 Å². The van der Waals surface area contributed by atoms with Gasteiger partial charge < -0.3 is 28.5 Å². The molecule has 0 saturated carbocycles. The highest BCUT2D eigenvalue weighted by Gasteiger charge is 2.19. The highest BCUT2D eigenvalue weighted by atomic mass is 79.9.